The van der Waals surface area contributed by atoms with Crippen LogP contribution < -0.4 is 4.90 Å². The average Bonchev–Trinajstić information content (AvgIpc) is 2.26. The maximum absolute atomic E-state index is 12.6. The van der Waals surface area contributed by atoms with E-state index in [-0.39, 0.29) is 10.3 Å². The Hall–Kier alpha value is -1.31. The van der Waals surface area contributed by atoms with E-state index in [2.05, 4.69) is 20.9 Å². The molecule has 1 rings (SSSR count). The third kappa shape index (κ3) is 3.12. The first-order valence-electron chi connectivity index (χ1n) is 4.84. The number of aromatic nitrogens is 1. The number of hydrogen-bond acceptors (Lipinski definition) is 3. The second-order valence-electron chi connectivity index (χ2n) is 3.62. The van der Waals surface area contributed by atoms with Crippen molar-refractivity contribution in [2.45, 2.75) is 19.1 Å². The molecule has 0 aliphatic rings. The second kappa shape index (κ2) is 5.13. The van der Waals surface area contributed by atoms with E-state index in [4.69, 9.17) is 5.11 Å². The van der Waals surface area contributed by atoms with Gasteiger partial charge in [-0.25, -0.2) is 9.78 Å². The minimum atomic E-state index is -4.60. The van der Waals surface area contributed by atoms with E-state index in [0.29, 0.717) is 0 Å². The molecule has 0 saturated carbocycles. The lowest BCUT2D eigenvalue weighted by Crippen LogP contribution is -2.36. The summed E-state index contributed by atoms with van der Waals surface area (Å²) in [5.74, 6) is -1.20. The Morgan fingerprint density at radius 1 is 1.50 bits per heavy atom. The van der Waals surface area contributed by atoms with Crippen LogP contribution in [0.1, 0.15) is 12.6 Å². The van der Waals surface area contributed by atoms with Crippen LogP contribution in [0.4, 0.5) is 19.0 Å². The Balaban J connectivity index is 3.17. The number of anilines is 1. The fourth-order valence-electron chi connectivity index (χ4n) is 1.19. The van der Waals surface area contributed by atoms with Crippen LogP contribution in [-0.4, -0.2) is 29.1 Å². The van der Waals surface area contributed by atoms with Crippen molar-refractivity contribution >= 4 is 27.7 Å². The highest BCUT2D eigenvalue weighted by Crippen LogP contribution is 2.34. The molecule has 0 aliphatic heterocycles. The van der Waals surface area contributed by atoms with Crippen molar-refractivity contribution in [3.8, 4) is 0 Å². The predicted molar refractivity (Wildman–Crippen MR) is 62.4 cm³/mol. The number of pyridine rings is 1. The molecular weight excluding hydrogens is 317 g/mol. The van der Waals surface area contributed by atoms with Gasteiger partial charge in [-0.1, -0.05) is 0 Å². The number of alkyl halides is 3. The first kappa shape index (κ1) is 14.7. The van der Waals surface area contributed by atoms with Crippen LogP contribution in [0.25, 0.3) is 0 Å². The summed E-state index contributed by atoms with van der Waals surface area (Å²) in [5, 5.41) is 8.80. The number of carboxylic acids is 1. The molecule has 0 radical (unpaired) electrons. The average molecular weight is 327 g/mol. The van der Waals surface area contributed by atoms with E-state index in [1.165, 1.54) is 26.1 Å². The van der Waals surface area contributed by atoms with Gasteiger partial charge in [0.25, 0.3) is 0 Å². The van der Waals surface area contributed by atoms with Gasteiger partial charge in [-0.05, 0) is 35.0 Å². The van der Waals surface area contributed by atoms with Gasteiger partial charge in [-0.3, -0.25) is 0 Å². The highest BCUT2D eigenvalue weighted by molar-refractivity contribution is 9.10. The Morgan fingerprint density at radius 2 is 2.06 bits per heavy atom. The van der Waals surface area contributed by atoms with Crippen molar-refractivity contribution in [1.29, 1.82) is 0 Å². The molecule has 0 spiro atoms. The molecule has 1 heterocycles. The molecule has 0 aromatic carbocycles. The lowest BCUT2D eigenvalue weighted by Gasteiger charge is -2.23. The fraction of sp³-hybridized carbons (Fsp3) is 0.400. The summed E-state index contributed by atoms with van der Waals surface area (Å²) in [6, 6.07) is 1.54. The summed E-state index contributed by atoms with van der Waals surface area (Å²) < 4.78 is 37.7. The normalized spacial score (nSPS) is 13.2. The van der Waals surface area contributed by atoms with Gasteiger partial charge in [0.2, 0.25) is 0 Å². The second-order valence-corrected chi connectivity index (χ2v) is 4.48. The van der Waals surface area contributed by atoms with Gasteiger partial charge >= 0.3 is 12.1 Å². The van der Waals surface area contributed by atoms with Crippen LogP contribution in [-0.2, 0) is 11.0 Å². The fourth-order valence-corrected chi connectivity index (χ4v) is 1.64. The third-order valence-electron chi connectivity index (χ3n) is 2.40. The monoisotopic (exact) mass is 326 g/mol. The topological polar surface area (TPSA) is 53.4 Å². The molecule has 1 unspecified atom stereocenters. The van der Waals surface area contributed by atoms with E-state index < -0.39 is 23.9 Å². The highest BCUT2D eigenvalue weighted by atomic mass is 79.9. The quantitative estimate of drug-likeness (QED) is 0.928. The van der Waals surface area contributed by atoms with Gasteiger partial charge < -0.3 is 10.0 Å². The van der Waals surface area contributed by atoms with E-state index in [9.17, 15) is 18.0 Å². The summed E-state index contributed by atoms with van der Waals surface area (Å²) in [5.41, 5.74) is -1.08. The van der Waals surface area contributed by atoms with Gasteiger partial charge in [0.05, 0.1) is 0 Å². The lowest BCUT2D eigenvalue weighted by molar-refractivity contribution is -0.141. The minimum Gasteiger partial charge on any atom is -0.480 e. The molecule has 18 heavy (non-hydrogen) atoms. The van der Waals surface area contributed by atoms with Crippen molar-refractivity contribution in [2.24, 2.45) is 0 Å². The molecule has 1 aromatic heterocycles. The molecule has 100 valence electrons. The zero-order valence-corrected chi connectivity index (χ0v) is 11.1. The van der Waals surface area contributed by atoms with Crippen molar-refractivity contribution in [2.75, 3.05) is 11.9 Å². The van der Waals surface area contributed by atoms with Gasteiger partial charge in [0.15, 0.2) is 5.69 Å². The number of halogens is 4. The largest absolute Gasteiger partial charge is 0.480 e. The van der Waals surface area contributed by atoms with Crippen LogP contribution in [0, 0.1) is 0 Å². The lowest BCUT2D eigenvalue weighted by atomic mass is 10.3. The Kier molecular flexibility index (Phi) is 4.20. The summed E-state index contributed by atoms with van der Waals surface area (Å²) >= 11 is 2.76. The summed E-state index contributed by atoms with van der Waals surface area (Å²) in [7, 11) is 1.37. The molecule has 0 aliphatic carbocycles. The Morgan fingerprint density at radius 3 is 2.50 bits per heavy atom. The van der Waals surface area contributed by atoms with Crippen molar-refractivity contribution in [3.05, 3.63) is 22.3 Å². The number of rotatable bonds is 3. The van der Waals surface area contributed by atoms with Gasteiger partial charge in [0.1, 0.15) is 11.9 Å². The SMILES string of the molecule is CC(C(=O)O)N(C)c1ccc(Br)c(C(F)(F)F)n1. The zero-order chi connectivity index (χ0) is 14.1. The number of hydrogen-bond donors (Lipinski definition) is 1. The van der Waals surface area contributed by atoms with Gasteiger partial charge in [0, 0.05) is 11.5 Å². The predicted octanol–water partition coefficient (Wildman–Crippen LogP) is 2.77. The third-order valence-corrected chi connectivity index (χ3v) is 3.04. The van der Waals surface area contributed by atoms with E-state index in [1.807, 2.05) is 0 Å². The molecule has 0 bridgehead atoms. The van der Waals surface area contributed by atoms with Crippen LogP contribution in [0.5, 0.6) is 0 Å². The zero-order valence-electron chi connectivity index (χ0n) is 9.49. The highest BCUT2D eigenvalue weighted by Gasteiger charge is 2.35. The first-order valence-corrected chi connectivity index (χ1v) is 5.63. The smallest absolute Gasteiger partial charge is 0.434 e. The standard InChI is InChI=1S/C10H10BrF3N2O2/c1-5(9(17)18)16(2)7-4-3-6(11)8(15-7)10(12,13)14/h3-5H,1-2H3,(H,17,18). The van der Waals surface area contributed by atoms with Crippen molar-refractivity contribution < 1.29 is 23.1 Å². The van der Waals surface area contributed by atoms with Crippen molar-refractivity contribution in [3.63, 3.8) is 0 Å². The molecule has 8 heteroatoms. The van der Waals surface area contributed by atoms with Crippen LogP contribution in [0.3, 0.4) is 0 Å². The van der Waals surface area contributed by atoms with E-state index in [1.54, 1.807) is 0 Å². The molecule has 1 N–H and O–H groups in total. The van der Waals surface area contributed by atoms with E-state index in [0.717, 1.165) is 4.90 Å². The number of aliphatic carboxylic acids is 1. The summed E-state index contributed by atoms with van der Waals surface area (Å²) in [4.78, 5) is 15.4. The van der Waals surface area contributed by atoms with Crippen LogP contribution >= 0.6 is 15.9 Å². The van der Waals surface area contributed by atoms with Crippen molar-refractivity contribution in [1.82, 2.24) is 4.98 Å². The Labute approximate surface area is 110 Å². The maximum atomic E-state index is 12.6. The van der Waals surface area contributed by atoms with Crippen LogP contribution in [0.2, 0.25) is 0 Å². The molecule has 1 aromatic rings. The number of likely N-dealkylation sites (N-methyl/N-ethyl adjacent to an activating group) is 1. The summed E-state index contributed by atoms with van der Waals surface area (Å²) in [6.45, 7) is 1.36. The molecule has 1 atom stereocenters. The Bertz CT molecular complexity index is 465. The number of carbonyl (C=O) groups is 1. The maximum Gasteiger partial charge on any atom is 0.434 e. The minimum absolute atomic E-state index is 0.0552. The first-order chi connectivity index (χ1) is 8.14. The van der Waals surface area contributed by atoms with Crippen LogP contribution in [0.15, 0.2) is 16.6 Å². The summed E-state index contributed by atoms with van der Waals surface area (Å²) in [6.07, 6.45) is -4.60. The molecule has 4 nitrogen and oxygen atoms in total. The number of carboxylic acid groups (broad SMARTS) is 1. The molecule has 0 amide bonds. The van der Waals surface area contributed by atoms with Gasteiger partial charge in [-0.2, -0.15) is 13.2 Å². The molecular formula is C10H10BrF3N2O2. The number of nitrogens with zero attached hydrogens (tertiary/aromatic N) is 2. The van der Waals surface area contributed by atoms with Gasteiger partial charge in [-0.15, -0.1) is 0 Å². The van der Waals surface area contributed by atoms with E-state index >= 15 is 0 Å². The molecule has 0 fully saturated rings. The molecule has 0 saturated heterocycles.